The van der Waals surface area contributed by atoms with Crippen LogP contribution in [0.1, 0.15) is 56.9 Å². The second-order valence-corrected chi connectivity index (χ2v) is 8.93. The maximum Gasteiger partial charge on any atom is 0.410 e. The molecular formula is C23H36N2O3S. The highest BCUT2D eigenvalue weighted by Gasteiger charge is 2.36. The van der Waals surface area contributed by atoms with Crippen LogP contribution in [0.25, 0.3) is 0 Å². The lowest BCUT2D eigenvalue weighted by Gasteiger charge is -2.41. The molecule has 5 nitrogen and oxygen atoms in total. The summed E-state index contributed by atoms with van der Waals surface area (Å²) >= 11 is 1.77. The predicted molar refractivity (Wildman–Crippen MR) is 119 cm³/mol. The van der Waals surface area contributed by atoms with Crippen molar-refractivity contribution in [3.63, 3.8) is 0 Å². The standard InChI is InChI=1S/C23H36N2O3S/c1-3-27-23(26)25-15-7-10-21(24-17-29-2)22(25)16-28-20-13-11-19(12-14-20)18-8-5-4-6-9-18/h4-6,8-9,19-22,24H,3,7,10-17H2,1-2H3/t19-,20+,21-,22-/m0/s1. The Morgan fingerprint density at radius 1 is 1.17 bits per heavy atom. The second kappa shape index (κ2) is 11.8. The van der Waals surface area contributed by atoms with Gasteiger partial charge < -0.3 is 19.7 Å². The number of thioether (sulfide) groups is 1. The molecule has 2 aliphatic rings. The van der Waals surface area contributed by atoms with Crippen molar-refractivity contribution in [2.75, 3.05) is 31.9 Å². The maximum absolute atomic E-state index is 12.5. The second-order valence-electron chi connectivity index (χ2n) is 8.06. The Morgan fingerprint density at radius 2 is 1.93 bits per heavy atom. The molecule has 2 fully saturated rings. The van der Waals surface area contributed by atoms with Gasteiger partial charge in [-0.25, -0.2) is 4.79 Å². The Hall–Kier alpha value is -1.24. The quantitative estimate of drug-likeness (QED) is 0.622. The molecule has 1 N–H and O–H groups in total. The van der Waals surface area contributed by atoms with Crippen molar-refractivity contribution >= 4 is 17.9 Å². The molecular weight excluding hydrogens is 384 g/mol. The number of likely N-dealkylation sites (tertiary alicyclic amines) is 1. The molecule has 1 heterocycles. The topological polar surface area (TPSA) is 50.8 Å². The van der Waals surface area contributed by atoms with Crippen molar-refractivity contribution in [1.82, 2.24) is 10.2 Å². The fraction of sp³-hybridized carbons (Fsp3) is 0.696. The van der Waals surface area contributed by atoms with Gasteiger partial charge in [0.25, 0.3) is 0 Å². The summed E-state index contributed by atoms with van der Waals surface area (Å²) in [5.41, 5.74) is 1.45. The van der Waals surface area contributed by atoms with Gasteiger partial charge in [0, 0.05) is 18.5 Å². The van der Waals surface area contributed by atoms with Crippen molar-refractivity contribution in [1.29, 1.82) is 0 Å². The number of carbonyl (C=O) groups excluding carboxylic acids is 1. The number of ether oxygens (including phenoxy) is 2. The van der Waals surface area contributed by atoms with Crippen LogP contribution >= 0.6 is 11.8 Å². The predicted octanol–water partition coefficient (Wildman–Crippen LogP) is 4.63. The Labute approximate surface area is 179 Å². The number of piperidine rings is 1. The SMILES string of the molecule is CCOC(=O)N1CCC[C@H](NCSC)[C@@H]1CO[C@H]1CC[C@@H](c2ccccc2)CC1. The van der Waals surface area contributed by atoms with Crippen LogP contribution in [0.4, 0.5) is 4.79 Å². The number of nitrogens with one attached hydrogen (secondary N) is 1. The van der Waals surface area contributed by atoms with Crippen molar-refractivity contribution < 1.29 is 14.3 Å². The third-order valence-electron chi connectivity index (χ3n) is 6.22. The van der Waals surface area contributed by atoms with E-state index in [1.54, 1.807) is 11.8 Å². The zero-order chi connectivity index (χ0) is 20.5. The lowest BCUT2D eigenvalue weighted by molar-refractivity contribution is -0.0278. The Balaban J connectivity index is 1.54. The lowest BCUT2D eigenvalue weighted by Crippen LogP contribution is -2.58. The zero-order valence-corrected chi connectivity index (χ0v) is 18.7. The molecule has 1 amide bonds. The summed E-state index contributed by atoms with van der Waals surface area (Å²) in [6.45, 7) is 3.62. The number of rotatable bonds is 8. The summed E-state index contributed by atoms with van der Waals surface area (Å²) in [5, 5.41) is 3.60. The molecule has 1 aliphatic carbocycles. The van der Waals surface area contributed by atoms with E-state index in [9.17, 15) is 4.79 Å². The normalized spacial score (nSPS) is 27.6. The van der Waals surface area contributed by atoms with Crippen molar-refractivity contribution in [3.8, 4) is 0 Å². The van der Waals surface area contributed by atoms with E-state index in [1.807, 2.05) is 11.8 Å². The third kappa shape index (κ3) is 6.37. The average Bonchev–Trinajstić information content (AvgIpc) is 2.77. The van der Waals surface area contributed by atoms with Gasteiger partial charge >= 0.3 is 6.09 Å². The van der Waals surface area contributed by atoms with Crippen LogP contribution in [0, 0.1) is 0 Å². The van der Waals surface area contributed by atoms with Gasteiger partial charge in [0.1, 0.15) is 0 Å². The average molecular weight is 421 g/mol. The van der Waals surface area contributed by atoms with Crippen LogP contribution in [-0.4, -0.2) is 61.1 Å². The third-order valence-corrected chi connectivity index (χ3v) is 6.67. The molecule has 0 radical (unpaired) electrons. The van der Waals surface area contributed by atoms with Crippen LogP contribution in [-0.2, 0) is 9.47 Å². The van der Waals surface area contributed by atoms with Gasteiger partial charge in [-0.3, -0.25) is 0 Å². The number of carbonyl (C=O) groups is 1. The summed E-state index contributed by atoms with van der Waals surface area (Å²) in [5.74, 6) is 1.54. The zero-order valence-electron chi connectivity index (χ0n) is 17.8. The van der Waals surface area contributed by atoms with Gasteiger partial charge in [-0.1, -0.05) is 30.3 Å². The van der Waals surface area contributed by atoms with Crippen LogP contribution in [0.15, 0.2) is 30.3 Å². The van der Waals surface area contributed by atoms with Crippen molar-refractivity contribution in [3.05, 3.63) is 35.9 Å². The number of hydrogen-bond acceptors (Lipinski definition) is 5. The first-order valence-corrected chi connectivity index (χ1v) is 12.4. The lowest BCUT2D eigenvalue weighted by atomic mass is 9.83. The Kier molecular flexibility index (Phi) is 9.15. The molecule has 0 spiro atoms. The number of hydrogen-bond donors (Lipinski definition) is 1. The number of benzene rings is 1. The first kappa shape index (κ1) is 22.4. The molecule has 1 saturated carbocycles. The van der Waals surface area contributed by atoms with Crippen molar-refractivity contribution in [2.24, 2.45) is 0 Å². The maximum atomic E-state index is 12.5. The monoisotopic (exact) mass is 420 g/mol. The molecule has 162 valence electrons. The Morgan fingerprint density at radius 3 is 2.62 bits per heavy atom. The van der Waals surface area contributed by atoms with E-state index >= 15 is 0 Å². The molecule has 0 unspecified atom stereocenters. The molecule has 29 heavy (non-hydrogen) atoms. The van der Waals surface area contributed by atoms with Gasteiger partial charge in [0.05, 0.1) is 25.4 Å². The van der Waals surface area contributed by atoms with Gasteiger partial charge in [-0.05, 0) is 63.2 Å². The highest BCUT2D eigenvalue weighted by atomic mass is 32.2. The van der Waals surface area contributed by atoms with Gasteiger partial charge in [-0.15, -0.1) is 11.8 Å². The molecule has 6 heteroatoms. The van der Waals surface area contributed by atoms with E-state index in [4.69, 9.17) is 9.47 Å². The summed E-state index contributed by atoms with van der Waals surface area (Å²) in [6.07, 6.45) is 8.80. The van der Waals surface area contributed by atoms with Crippen LogP contribution in [0.5, 0.6) is 0 Å². The van der Waals surface area contributed by atoms with Gasteiger partial charge in [0.15, 0.2) is 0 Å². The van der Waals surface area contributed by atoms with E-state index < -0.39 is 0 Å². The molecule has 1 saturated heterocycles. The summed E-state index contributed by atoms with van der Waals surface area (Å²) < 4.78 is 11.7. The van der Waals surface area contributed by atoms with E-state index in [-0.39, 0.29) is 18.2 Å². The molecule has 1 aromatic carbocycles. The largest absolute Gasteiger partial charge is 0.450 e. The van der Waals surface area contributed by atoms with Crippen LogP contribution in [0.2, 0.25) is 0 Å². The molecule has 1 aromatic rings. The molecule has 3 rings (SSSR count). The van der Waals surface area contributed by atoms with E-state index in [0.717, 1.165) is 38.1 Å². The number of nitrogens with zero attached hydrogens (tertiary/aromatic N) is 1. The minimum Gasteiger partial charge on any atom is -0.450 e. The van der Waals surface area contributed by atoms with Gasteiger partial charge in [0.2, 0.25) is 0 Å². The van der Waals surface area contributed by atoms with Crippen LogP contribution < -0.4 is 5.32 Å². The summed E-state index contributed by atoms with van der Waals surface area (Å²) in [4.78, 5) is 14.4. The first-order valence-electron chi connectivity index (χ1n) is 11.0. The van der Waals surface area contributed by atoms with E-state index in [1.165, 1.54) is 18.4 Å². The smallest absolute Gasteiger partial charge is 0.410 e. The molecule has 0 bridgehead atoms. The fourth-order valence-electron chi connectivity index (χ4n) is 4.65. The van der Waals surface area contributed by atoms with Gasteiger partial charge in [-0.2, -0.15) is 0 Å². The minimum absolute atomic E-state index is 0.0433. The van der Waals surface area contributed by atoms with Crippen LogP contribution in [0.3, 0.4) is 0 Å². The van der Waals surface area contributed by atoms with E-state index in [0.29, 0.717) is 25.2 Å². The first-order chi connectivity index (χ1) is 14.2. The Bertz CT molecular complexity index is 607. The number of amides is 1. The molecule has 2 atom stereocenters. The van der Waals surface area contributed by atoms with Crippen molar-refractivity contribution in [2.45, 2.75) is 69.6 Å². The molecule has 1 aliphatic heterocycles. The highest BCUT2D eigenvalue weighted by molar-refractivity contribution is 7.98. The summed E-state index contributed by atoms with van der Waals surface area (Å²) in [7, 11) is 0. The highest BCUT2D eigenvalue weighted by Crippen LogP contribution is 2.34. The summed E-state index contributed by atoms with van der Waals surface area (Å²) in [6, 6.07) is 11.1. The molecule has 0 aromatic heterocycles. The van der Waals surface area contributed by atoms with E-state index in [2.05, 4.69) is 41.9 Å². The minimum atomic E-state index is -0.204. The fourth-order valence-corrected chi connectivity index (χ4v) is 5.03.